The van der Waals surface area contributed by atoms with E-state index < -0.39 is 0 Å². The smallest absolute Gasteiger partial charge is 0.166 e. The number of aryl methyl sites for hydroxylation is 2. The quantitative estimate of drug-likeness (QED) is 0.849. The van der Waals surface area contributed by atoms with Crippen molar-refractivity contribution >= 4 is 0 Å². The highest BCUT2D eigenvalue weighted by atomic mass is 16.5. The summed E-state index contributed by atoms with van der Waals surface area (Å²) < 4.78 is 5.74. The molecule has 0 amide bonds. The summed E-state index contributed by atoms with van der Waals surface area (Å²) in [6.07, 6.45) is 2.62. The van der Waals surface area contributed by atoms with Crippen molar-refractivity contribution in [3.63, 3.8) is 0 Å². The third kappa shape index (κ3) is 4.02. The molecule has 0 aliphatic heterocycles. The fraction of sp³-hybridized carbons (Fsp3) is 0.412. The molecule has 4 nitrogen and oxygen atoms in total. The highest BCUT2D eigenvalue weighted by Crippen LogP contribution is 2.16. The Bertz CT molecular complexity index is 544. The van der Waals surface area contributed by atoms with E-state index in [1.54, 1.807) is 0 Å². The van der Waals surface area contributed by atoms with Crippen molar-refractivity contribution in [3.8, 4) is 5.75 Å². The van der Waals surface area contributed by atoms with Crippen LogP contribution in [0.2, 0.25) is 0 Å². The molecule has 21 heavy (non-hydrogen) atoms. The van der Waals surface area contributed by atoms with E-state index in [1.807, 2.05) is 30.3 Å². The van der Waals surface area contributed by atoms with Crippen LogP contribution in [0.25, 0.3) is 0 Å². The lowest BCUT2D eigenvalue weighted by atomic mass is 10.0. The minimum atomic E-state index is 0.396. The molecule has 0 aliphatic carbocycles. The summed E-state index contributed by atoms with van der Waals surface area (Å²) in [5.74, 6) is 1.58. The highest BCUT2D eigenvalue weighted by molar-refractivity contribution is 5.27. The molecule has 1 aromatic carbocycles. The normalized spacial score (nSPS) is 10.6. The number of para-hydroxylation sites is 1. The van der Waals surface area contributed by atoms with E-state index in [0.717, 1.165) is 42.2 Å². The van der Waals surface area contributed by atoms with Crippen molar-refractivity contribution in [1.82, 2.24) is 9.97 Å². The maximum Gasteiger partial charge on any atom is 0.166 e. The minimum Gasteiger partial charge on any atom is -0.486 e. The Morgan fingerprint density at radius 1 is 1.00 bits per heavy atom. The summed E-state index contributed by atoms with van der Waals surface area (Å²) >= 11 is 0. The number of aromatic nitrogens is 2. The molecule has 0 unspecified atom stereocenters. The van der Waals surface area contributed by atoms with Crippen molar-refractivity contribution in [2.45, 2.75) is 39.7 Å². The van der Waals surface area contributed by atoms with E-state index >= 15 is 0 Å². The van der Waals surface area contributed by atoms with Crippen LogP contribution in [0.1, 0.15) is 36.6 Å². The monoisotopic (exact) mass is 285 g/mol. The molecule has 2 N–H and O–H groups in total. The Balaban J connectivity index is 2.20. The maximum absolute atomic E-state index is 5.74. The number of nitrogens with two attached hydrogens (primary N) is 1. The predicted molar refractivity (Wildman–Crippen MR) is 84.3 cm³/mol. The number of rotatable bonds is 7. The molecule has 2 aromatic rings. The standard InChI is InChI=1S/C17H23N3O/c1-3-15-14(10-11-18)16(4-2)20-17(19-15)12-21-13-8-6-5-7-9-13/h5-9H,3-4,10-12,18H2,1-2H3. The van der Waals surface area contributed by atoms with Gasteiger partial charge in [-0.2, -0.15) is 0 Å². The van der Waals surface area contributed by atoms with Crippen LogP contribution in [0, 0.1) is 0 Å². The molecule has 0 atom stereocenters. The van der Waals surface area contributed by atoms with Gasteiger partial charge in [-0.1, -0.05) is 32.0 Å². The topological polar surface area (TPSA) is 61.0 Å². The second kappa shape index (κ2) is 7.74. The molecule has 0 fully saturated rings. The molecule has 0 bridgehead atoms. The Morgan fingerprint density at radius 2 is 1.62 bits per heavy atom. The molecule has 4 heteroatoms. The number of nitrogens with zero attached hydrogens (tertiary/aromatic N) is 2. The van der Waals surface area contributed by atoms with Crippen LogP contribution < -0.4 is 10.5 Å². The lowest BCUT2D eigenvalue weighted by molar-refractivity contribution is 0.294. The van der Waals surface area contributed by atoms with Crippen LogP contribution in [0.15, 0.2) is 30.3 Å². The lowest BCUT2D eigenvalue weighted by Gasteiger charge is -2.13. The summed E-state index contributed by atoms with van der Waals surface area (Å²) in [7, 11) is 0. The zero-order chi connectivity index (χ0) is 15.1. The molecule has 0 spiro atoms. The van der Waals surface area contributed by atoms with Gasteiger partial charge in [0.1, 0.15) is 12.4 Å². The van der Waals surface area contributed by atoms with E-state index in [1.165, 1.54) is 5.56 Å². The van der Waals surface area contributed by atoms with Crippen LogP contribution in [-0.4, -0.2) is 16.5 Å². The summed E-state index contributed by atoms with van der Waals surface area (Å²) in [6.45, 7) is 5.25. The van der Waals surface area contributed by atoms with Crippen molar-refractivity contribution in [1.29, 1.82) is 0 Å². The van der Waals surface area contributed by atoms with Crippen molar-refractivity contribution < 1.29 is 4.74 Å². The number of ether oxygens (including phenoxy) is 1. The van der Waals surface area contributed by atoms with Crippen LogP contribution in [-0.2, 0) is 25.9 Å². The Morgan fingerprint density at radius 3 is 2.14 bits per heavy atom. The third-order valence-electron chi connectivity index (χ3n) is 3.40. The molecular formula is C17H23N3O. The zero-order valence-corrected chi connectivity index (χ0v) is 12.8. The van der Waals surface area contributed by atoms with E-state index in [0.29, 0.717) is 13.2 Å². The average molecular weight is 285 g/mol. The third-order valence-corrected chi connectivity index (χ3v) is 3.40. The number of hydrogen-bond acceptors (Lipinski definition) is 4. The predicted octanol–water partition coefficient (Wildman–Crippen LogP) is 2.68. The largest absolute Gasteiger partial charge is 0.486 e. The van der Waals surface area contributed by atoms with Gasteiger partial charge in [-0.05, 0) is 43.5 Å². The molecule has 0 aliphatic rings. The molecule has 2 rings (SSSR count). The summed E-state index contributed by atoms with van der Waals surface area (Å²) in [4.78, 5) is 9.28. The Hall–Kier alpha value is -1.94. The summed E-state index contributed by atoms with van der Waals surface area (Å²) in [6, 6.07) is 9.74. The van der Waals surface area contributed by atoms with E-state index in [2.05, 4.69) is 23.8 Å². The van der Waals surface area contributed by atoms with E-state index in [4.69, 9.17) is 10.5 Å². The number of benzene rings is 1. The van der Waals surface area contributed by atoms with E-state index in [9.17, 15) is 0 Å². The minimum absolute atomic E-state index is 0.396. The van der Waals surface area contributed by atoms with Crippen LogP contribution in [0.3, 0.4) is 0 Å². The molecule has 1 aromatic heterocycles. The van der Waals surface area contributed by atoms with Crippen LogP contribution in [0.5, 0.6) is 5.75 Å². The van der Waals surface area contributed by atoms with Gasteiger partial charge in [-0.15, -0.1) is 0 Å². The molecular weight excluding hydrogens is 262 g/mol. The first-order chi connectivity index (χ1) is 10.3. The Kier molecular flexibility index (Phi) is 5.69. The maximum atomic E-state index is 5.74. The van der Waals surface area contributed by atoms with Gasteiger partial charge in [-0.25, -0.2) is 9.97 Å². The van der Waals surface area contributed by atoms with Gasteiger partial charge >= 0.3 is 0 Å². The van der Waals surface area contributed by atoms with Gasteiger partial charge in [-0.3, -0.25) is 0 Å². The van der Waals surface area contributed by atoms with Gasteiger partial charge in [0.25, 0.3) is 0 Å². The Labute approximate surface area is 126 Å². The molecule has 1 heterocycles. The van der Waals surface area contributed by atoms with Gasteiger partial charge in [0.15, 0.2) is 5.82 Å². The highest BCUT2D eigenvalue weighted by Gasteiger charge is 2.12. The first-order valence-electron chi connectivity index (χ1n) is 7.53. The second-order valence-electron chi connectivity index (χ2n) is 4.86. The van der Waals surface area contributed by atoms with Gasteiger partial charge in [0, 0.05) is 11.4 Å². The van der Waals surface area contributed by atoms with Crippen LogP contribution in [0.4, 0.5) is 0 Å². The lowest BCUT2D eigenvalue weighted by Crippen LogP contribution is -2.14. The molecule has 0 saturated heterocycles. The second-order valence-corrected chi connectivity index (χ2v) is 4.86. The number of hydrogen-bond donors (Lipinski definition) is 1. The fourth-order valence-electron chi connectivity index (χ4n) is 2.39. The average Bonchev–Trinajstić information content (AvgIpc) is 2.54. The van der Waals surface area contributed by atoms with Crippen molar-refractivity contribution in [2.24, 2.45) is 5.73 Å². The fourth-order valence-corrected chi connectivity index (χ4v) is 2.39. The van der Waals surface area contributed by atoms with Gasteiger partial charge in [0.05, 0.1) is 0 Å². The van der Waals surface area contributed by atoms with Gasteiger partial charge < -0.3 is 10.5 Å². The zero-order valence-electron chi connectivity index (χ0n) is 12.8. The van der Waals surface area contributed by atoms with Crippen molar-refractivity contribution in [3.05, 3.63) is 53.1 Å². The van der Waals surface area contributed by atoms with Crippen molar-refractivity contribution in [2.75, 3.05) is 6.54 Å². The first kappa shape index (κ1) is 15.4. The molecule has 0 radical (unpaired) electrons. The van der Waals surface area contributed by atoms with E-state index in [-0.39, 0.29) is 0 Å². The SMILES string of the molecule is CCc1nc(COc2ccccc2)nc(CC)c1CCN. The van der Waals surface area contributed by atoms with Crippen LogP contribution >= 0.6 is 0 Å². The molecule has 0 saturated carbocycles. The summed E-state index contributed by atoms with van der Waals surface area (Å²) in [5, 5.41) is 0. The first-order valence-corrected chi connectivity index (χ1v) is 7.53. The molecule has 112 valence electrons. The van der Waals surface area contributed by atoms with Gasteiger partial charge in [0.2, 0.25) is 0 Å². The summed E-state index contributed by atoms with van der Waals surface area (Å²) in [5.41, 5.74) is 9.11.